The summed E-state index contributed by atoms with van der Waals surface area (Å²) in [5, 5.41) is 17.0. The molecule has 0 aliphatic carbocycles. The minimum absolute atomic E-state index is 0.574. The van der Waals surface area contributed by atoms with Gasteiger partial charge < -0.3 is 19.9 Å². The minimum atomic E-state index is 0.574. The third-order valence-corrected chi connectivity index (χ3v) is 7.09. The molecule has 9 nitrogen and oxygen atoms in total. The molecule has 1 fully saturated rings. The third-order valence-electron chi connectivity index (χ3n) is 5.88. The second-order valence-electron chi connectivity index (χ2n) is 7.75. The Hall–Kier alpha value is -1.88. The number of nitrogens with zero attached hydrogens (tertiary/aromatic N) is 5. The van der Waals surface area contributed by atoms with Crippen molar-refractivity contribution in [2.75, 3.05) is 57.8 Å². The normalized spacial score (nSPS) is 20.7. The Kier molecular flexibility index (Phi) is 5.10. The van der Waals surface area contributed by atoms with Gasteiger partial charge in [0.15, 0.2) is 0 Å². The van der Waals surface area contributed by atoms with Crippen LogP contribution < -0.4 is 15.1 Å². The summed E-state index contributed by atoms with van der Waals surface area (Å²) in [5.41, 5.74) is 1.45. The van der Waals surface area contributed by atoms with E-state index in [0.29, 0.717) is 5.78 Å². The van der Waals surface area contributed by atoms with E-state index >= 15 is 0 Å². The Bertz CT molecular complexity index is 963. The summed E-state index contributed by atoms with van der Waals surface area (Å²) in [6.45, 7) is 11.7. The standard InChI is InChI=1S/C18H26N8OS/c1-2-5-25-6-3-13-14(12-25)28-17-15(13)16(20-18-21-22-23-26(17)18)19-4-7-24-8-10-27-11-9-24/h2-12H2,1H3,(H,19,20,21,23)/p+2. The van der Waals surface area contributed by atoms with Gasteiger partial charge in [-0.15, -0.1) is 11.3 Å². The highest BCUT2D eigenvalue weighted by Crippen LogP contribution is 2.36. The number of thiophene rings is 1. The van der Waals surface area contributed by atoms with Crippen molar-refractivity contribution in [2.24, 2.45) is 0 Å². The van der Waals surface area contributed by atoms with Gasteiger partial charge in [0.2, 0.25) is 0 Å². The lowest BCUT2D eigenvalue weighted by atomic mass is 10.0. The largest absolute Gasteiger partial charge is 0.370 e. The summed E-state index contributed by atoms with van der Waals surface area (Å²) in [5.74, 6) is 1.52. The van der Waals surface area contributed by atoms with E-state index in [2.05, 4.69) is 27.8 Å². The maximum atomic E-state index is 5.46. The van der Waals surface area contributed by atoms with Crippen LogP contribution in [0, 0.1) is 0 Å². The monoisotopic (exact) mass is 404 g/mol. The first kappa shape index (κ1) is 18.2. The Morgan fingerprint density at radius 1 is 1.18 bits per heavy atom. The SMILES string of the molecule is CCC[NH+]1CCc2c(sc3c2c(NCC[NH+]2CCOCC2)nc2nnnn23)C1. The van der Waals surface area contributed by atoms with Crippen LogP contribution in [0.1, 0.15) is 23.8 Å². The maximum Gasteiger partial charge on any atom is 0.276 e. The molecule has 10 heteroatoms. The lowest BCUT2D eigenvalue weighted by Crippen LogP contribution is -3.14. The molecule has 3 aromatic rings. The molecule has 0 bridgehead atoms. The zero-order valence-electron chi connectivity index (χ0n) is 16.3. The fraction of sp³-hybridized carbons (Fsp3) is 0.667. The van der Waals surface area contributed by atoms with Crippen LogP contribution in [-0.4, -0.2) is 77.5 Å². The highest BCUT2D eigenvalue weighted by molar-refractivity contribution is 7.19. The van der Waals surface area contributed by atoms with Crippen LogP contribution in [0.4, 0.5) is 5.82 Å². The third kappa shape index (κ3) is 3.34. The number of fused-ring (bicyclic) bond motifs is 5. The molecular formula is C18H28N8OS+2. The fourth-order valence-corrected chi connectivity index (χ4v) is 5.78. The van der Waals surface area contributed by atoms with Crippen molar-refractivity contribution in [3.8, 4) is 0 Å². The average Bonchev–Trinajstić information content (AvgIpc) is 3.33. The van der Waals surface area contributed by atoms with Gasteiger partial charge in [-0.1, -0.05) is 12.0 Å². The molecule has 3 N–H and O–H groups in total. The number of ether oxygens (including phenoxy) is 1. The number of hydrogen-bond donors (Lipinski definition) is 3. The molecule has 5 heterocycles. The first-order valence-corrected chi connectivity index (χ1v) is 11.2. The summed E-state index contributed by atoms with van der Waals surface area (Å²) >= 11 is 1.84. The number of tetrazole rings is 1. The van der Waals surface area contributed by atoms with E-state index in [4.69, 9.17) is 9.72 Å². The molecule has 1 atom stereocenters. The van der Waals surface area contributed by atoms with Crippen molar-refractivity contribution in [2.45, 2.75) is 26.3 Å². The van der Waals surface area contributed by atoms with E-state index in [1.54, 1.807) is 14.3 Å². The molecule has 1 saturated heterocycles. The summed E-state index contributed by atoms with van der Waals surface area (Å²) < 4.78 is 7.26. The Morgan fingerprint density at radius 2 is 2.07 bits per heavy atom. The number of aromatic nitrogens is 5. The van der Waals surface area contributed by atoms with Gasteiger partial charge in [0.1, 0.15) is 30.3 Å². The van der Waals surface area contributed by atoms with E-state index < -0.39 is 0 Å². The molecule has 0 spiro atoms. The first-order valence-electron chi connectivity index (χ1n) is 10.3. The Balaban J connectivity index is 1.45. The zero-order chi connectivity index (χ0) is 18.9. The van der Waals surface area contributed by atoms with Crippen molar-refractivity contribution in [3.63, 3.8) is 0 Å². The molecule has 2 aliphatic heterocycles. The lowest BCUT2D eigenvalue weighted by Gasteiger charge is -2.24. The zero-order valence-corrected chi connectivity index (χ0v) is 17.1. The first-order chi connectivity index (χ1) is 13.8. The second kappa shape index (κ2) is 7.86. The van der Waals surface area contributed by atoms with Crippen molar-refractivity contribution in [3.05, 3.63) is 10.4 Å². The van der Waals surface area contributed by atoms with E-state index in [0.717, 1.165) is 63.0 Å². The minimum Gasteiger partial charge on any atom is -0.370 e. The highest BCUT2D eigenvalue weighted by Gasteiger charge is 2.27. The molecule has 3 aromatic heterocycles. The van der Waals surface area contributed by atoms with Gasteiger partial charge in [0.05, 0.1) is 49.7 Å². The quantitative estimate of drug-likeness (QED) is 0.460. The number of morpholine rings is 1. The summed E-state index contributed by atoms with van der Waals surface area (Å²) in [4.78, 5) is 10.6. The molecule has 0 saturated carbocycles. The van der Waals surface area contributed by atoms with E-state index in [1.165, 1.54) is 35.3 Å². The number of rotatable bonds is 6. The molecule has 5 rings (SSSR count). The van der Waals surface area contributed by atoms with Crippen LogP contribution in [0.2, 0.25) is 0 Å². The van der Waals surface area contributed by atoms with Gasteiger partial charge in [-0.3, -0.25) is 0 Å². The average molecular weight is 405 g/mol. The van der Waals surface area contributed by atoms with Crippen LogP contribution in [0.3, 0.4) is 0 Å². The lowest BCUT2D eigenvalue weighted by molar-refractivity contribution is -0.915. The van der Waals surface area contributed by atoms with Crippen LogP contribution in [-0.2, 0) is 17.7 Å². The summed E-state index contributed by atoms with van der Waals surface area (Å²) in [7, 11) is 0. The number of hydrogen-bond acceptors (Lipinski definition) is 7. The molecule has 1 unspecified atom stereocenters. The predicted molar refractivity (Wildman–Crippen MR) is 107 cm³/mol. The van der Waals surface area contributed by atoms with Gasteiger partial charge >= 0.3 is 0 Å². The highest BCUT2D eigenvalue weighted by atomic mass is 32.1. The molecular weight excluding hydrogens is 376 g/mol. The predicted octanol–water partition coefficient (Wildman–Crippen LogP) is -1.59. The van der Waals surface area contributed by atoms with Crippen LogP contribution >= 0.6 is 11.3 Å². The molecule has 0 aromatic carbocycles. The van der Waals surface area contributed by atoms with Gasteiger partial charge in [0.25, 0.3) is 5.78 Å². The van der Waals surface area contributed by atoms with Crippen molar-refractivity contribution >= 4 is 33.1 Å². The van der Waals surface area contributed by atoms with Gasteiger partial charge in [-0.05, 0) is 22.4 Å². The van der Waals surface area contributed by atoms with Gasteiger partial charge in [-0.2, -0.15) is 9.50 Å². The Morgan fingerprint density at radius 3 is 2.93 bits per heavy atom. The molecule has 28 heavy (non-hydrogen) atoms. The molecule has 0 radical (unpaired) electrons. The van der Waals surface area contributed by atoms with Crippen molar-refractivity contribution in [1.29, 1.82) is 0 Å². The van der Waals surface area contributed by atoms with Crippen LogP contribution in [0.15, 0.2) is 0 Å². The molecule has 2 aliphatic rings. The van der Waals surface area contributed by atoms with Crippen LogP contribution in [0.5, 0.6) is 0 Å². The number of anilines is 1. The molecule has 0 amide bonds. The number of quaternary nitrogens is 2. The second-order valence-corrected chi connectivity index (χ2v) is 8.83. The van der Waals surface area contributed by atoms with E-state index in [9.17, 15) is 0 Å². The van der Waals surface area contributed by atoms with E-state index in [-0.39, 0.29) is 0 Å². The van der Waals surface area contributed by atoms with Crippen molar-refractivity contribution in [1.82, 2.24) is 25.0 Å². The van der Waals surface area contributed by atoms with Crippen molar-refractivity contribution < 1.29 is 14.5 Å². The molecule has 150 valence electrons. The summed E-state index contributed by atoms with van der Waals surface area (Å²) in [6, 6.07) is 0. The van der Waals surface area contributed by atoms with Crippen LogP contribution in [0.25, 0.3) is 16.0 Å². The topological polar surface area (TPSA) is 86.1 Å². The Labute approximate surface area is 167 Å². The smallest absolute Gasteiger partial charge is 0.276 e. The van der Waals surface area contributed by atoms with Gasteiger partial charge in [-0.25, -0.2) is 0 Å². The summed E-state index contributed by atoms with van der Waals surface area (Å²) in [6.07, 6.45) is 2.33. The fourth-order valence-electron chi connectivity index (χ4n) is 4.42. The number of nitrogens with one attached hydrogen (secondary N) is 3. The van der Waals surface area contributed by atoms with E-state index in [1.807, 2.05) is 11.3 Å². The van der Waals surface area contributed by atoms with Gasteiger partial charge in [0, 0.05) is 6.42 Å². The maximum absolute atomic E-state index is 5.46.